The summed E-state index contributed by atoms with van der Waals surface area (Å²) >= 11 is 0. The molecule has 1 aliphatic rings. The molecule has 1 aromatic rings. The van der Waals surface area contributed by atoms with Crippen molar-refractivity contribution in [2.24, 2.45) is 0 Å². The first-order valence-corrected chi connectivity index (χ1v) is 6.65. The van der Waals surface area contributed by atoms with Crippen LogP contribution < -0.4 is 10.1 Å². The molecular weight excluding hydrogens is 283 g/mol. The molecule has 2 rings (SSSR count). The normalized spacial score (nSPS) is 17.4. The van der Waals surface area contributed by atoms with Crippen molar-refractivity contribution in [1.29, 1.82) is 0 Å². The van der Waals surface area contributed by atoms with Gasteiger partial charge in [-0.3, -0.25) is 4.90 Å². The summed E-state index contributed by atoms with van der Waals surface area (Å²) in [5.41, 5.74) is 0.944. The van der Waals surface area contributed by atoms with Crippen LogP contribution in [0.5, 0.6) is 5.75 Å². The van der Waals surface area contributed by atoms with Crippen LogP contribution in [0.4, 0.5) is 4.39 Å². The van der Waals surface area contributed by atoms with Crippen LogP contribution in [0.3, 0.4) is 0 Å². The van der Waals surface area contributed by atoms with Crippen LogP contribution >= 0.6 is 12.4 Å². The molecule has 1 heterocycles. The smallest absolute Gasteiger partial charge is 0.126 e. The van der Waals surface area contributed by atoms with E-state index in [0.29, 0.717) is 12.2 Å². The van der Waals surface area contributed by atoms with Gasteiger partial charge in [-0.1, -0.05) is 6.07 Å². The van der Waals surface area contributed by atoms with Crippen molar-refractivity contribution in [3.63, 3.8) is 0 Å². The fourth-order valence-corrected chi connectivity index (χ4v) is 2.61. The number of halogens is 2. The standard InChI is InChI=1S/C14H21FN2O2.ClH/c1-19-14-10-11(15)2-3-12(14)13(4-9-18)17-7-5-16-6-8-17;/h2-3,10,13,16,18H,4-9H2,1H3;1H/t13-;/m1./s1. The topological polar surface area (TPSA) is 44.7 Å². The monoisotopic (exact) mass is 304 g/mol. The molecule has 0 aromatic heterocycles. The van der Waals surface area contributed by atoms with Crippen LogP contribution in [0.25, 0.3) is 0 Å². The van der Waals surface area contributed by atoms with E-state index in [9.17, 15) is 9.50 Å². The highest BCUT2D eigenvalue weighted by Crippen LogP contribution is 2.32. The number of rotatable bonds is 5. The zero-order valence-corrected chi connectivity index (χ0v) is 12.5. The molecular formula is C14H22ClFN2O2. The van der Waals surface area contributed by atoms with E-state index in [1.54, 1.807) is 13.2 Å². The van der Waals surface area contributed by atoms with Crippen LogP contribution in [0.1, 0.15) is 18.0 Å². The number of aliphatic hydroxyl groups excluding tert-OH is 1. The Morgan fingerprint density at radius 1 is 1.40 bits per heavy atom. The number of hydrogen-bond donors (Lipinski definition) is 2. The van der Waals surface area contributed by atoms with E-state index in [2.05, 4.69) is 10.2 Å². The average molecular weight is 305 g/mol. The van der Waals surface area contributed by atoms with Gasteiger partial charge >= 0.3 is 0 Å². The molecule has 0 saturated carbocycles. The summed E-state index contributed by atoms with van der Waals surface area (Å²) in [6.07, 6.45) is 0.627. The number of ether oxygens (including phenoxy) is 1. The number of benzene rings is 1. The van der Waals surface area contributed by atoms with E-state index < -0.39 is 0 Å². The molecule has 0 bridgehead atoms. The van der Waals surface area contributed by atoms with Gasteiger partial charge in [0.25, 0.3) is 0 Å². The lowest BCUT2D eigenvalue weighted by Crippen LogP contribution is -2.45. The van der Waals surface area contributed by atoms with Crippen molar-refractivity contribution >= 4 is 12.4 Å². The molecule has 4 nitrogen and oxygen atoms in total. The van der Waals surface area contributed by atoms with Crippen LogP contribution in [-0.2, 0) is 0 Å². The number of methoxy groups -OCH3 is 1. The molecule has 0 spiro atoms. The molecule has 0 radical (unpaired) electrons. The quantitative estimate of drug-likeness (QED) is 0.867. The van der Waals surface area contributed by atoms with Crippen molar-refractivity contribution < 1.29 is 14.2 Å². The Morgan fingerprint density at radius 2 is 2.10 bits per heavy atom. The zero-order valence-electron chi connectivity index (χ0n) is 11.6. The third-order valence-corrected chi connectivity index (χ3v) is 3.55. The van der Waals surface area contributed by atoms with Crippen molar-refractivity contribution in [1.82, 2.24) is 10.2 Å². The molecule has 1 aliphatic heterocycles. The predicted octanol–water partition coefficient (Wildman–Crippen LogP) is 1.58. The number of aliphatic hydroxyl groups is 1. The van der Waals surface area contributed by atoms with Gasteiger partial charge in [-0.2, -0.15) is 0 Å². The SMILES string of the molecule is COc1cc(F)ccc1[C@@H](CCO)N1CCNCC1.Cl. The highest BCUT2D eigenvalue weighted by atomic mass is 35.5. The summed E-state index contributed by atoms with van der Waals surface area (Å²) in [4.78, 5) is 2.31. The molecule has 1 fully saturated rings. The maximum Gasteiger partial charge on any atom is 0.126 e. The summed E-state index contributed by atoms with van der Waals surface area (Å²) in [7, 11) is 1.55. The highest BCUT2D eigenvalue weighted by molar-refractivity contribution is 5.85. The highest BCUT2D eigenvalue weighted by Gasteiger charge is 2.24. The van der Waals surface area contributed by atoms with Crippen LogP contribution in [0, 0.1) is 5.82 Å². The number of nitrogens with zero attached hydrogens (tertiary/aromatic N) is 1. The Kier molecular flexibility index (Phi) is 7.23. The van der Waals surface area contributed by atoms with Gasteiger partial charge < -0.3 is 15.2 Å². The second-order valence-corrected chi connectivity index (χ2v) is 4.70. The van der Waals surface area contributed by atoms with Gasteiger partial charge in [0.15, 0.2) is 0 Å². The minimum atomic E-state index is -0.302. The van der Waals surface area contributed by atoms with E-state index in [-0.39, 0.29) is 30.9 Å². The largest absolute Gasteiger partial charge is 0.496 e. The number of hydrogen-bond acceptors (Lipinski definition) is 4. The van der Waals surface area contributed by atoms with Gasteiger partial charge in [-0.25, -0.2) is 4.39 Å². The molecule has 20 heavy (non-hydrogen) atoms. The molecule has 0 amide bonds. The third kappa shape index (κ3) is 4.06. The van der Waals surface area contributed by atoms with Gasteiger partial charge in [0.05, 0.1) is 7.11 Å². The minimum absolute atomic E-state index is 0. The van der Waals surface area contributed by atoms with Crippen molar-refractivity contribution in [3.8, 4) is 5.75 Å². The second kappa shape index (κ2) is 8.42. The lowest BCUT2D eigenvalue weighted by Gasteiger charge is -2.35. The van der Waals surface area contributed by atoms with Gasteiger partial charge in [0.2, 0.25) is 0 Å². The number of nitrogens with one attached hydrogen (secondary N) is 1. The van der Waals surface area contributed by atoms with Crippen LogP contribution in [0.2, 0.25) is 0 Å². The Balaban J connectivity index is 0.00000200. The summed E-state index contributed by atoms with van der Waals surface area (Å²) in [5, 5.41) is 12.6. The Hall–Kier alpha value is -0.880. The summed E-state index contributed by atoms with van der Waals surface area (Å²) in [5.74, 6) is 0.251. The van der Waals surface area contributed by atoms with E-state index in [1.807, 2.05) is 0 Å². The first-order chi connectivity index (χ1) is 9.26. The molecule has 0 unspecified atom stereocenters. The lowest BCUT2D eigenvalue weighted by atomic mass is 10.00. The minimum Gasteiger partial charge on any atom is -0.496 e. The maximum absolute atomic E-state index is 13.3. The lowest BCUT2D eigenvalue weighted by molar-refractivity contribution is 0.139. The second-order valence-electron chi connectivity index (χ2n) is 4.70. The summed E-state index contributed by atoms with van der Waals surface area (Å²) in [6.45, 7) is 3.82. The van der Waals surface area contributed by atoms with Crippen molar-refractivity contribution in [3.05, 3.63) is 29.6 Å². The van der Waals surface area contributed by atoms with E-state index in [1.165, 1.54) is 12.1 Å². The molecule has 0 aliphatic carbocycles. The van der Waals surface area contributed by atoms with E-state index >= 15 is 0 Å². The van der Waals surface area contributed by atoms with E-state index in [0.717, 1.165) is 31.7 Å². The van der Waals surface area contributed by atoms with Gasteiger partial charge in [0.1, 0.15) is 11.6 Å². The molecule has 6 heteroatoms. The van der Waals surface area contributed by atoms with Crippen LogP contribution in [0.15, 0.2) is 18.2 Å². The maximum atomic E-state index is 13.3. The van der Waals surface area contributed by atoms with Gasteiger partial charge in [-0.15, -0.1) is 12.4 Å². The Labute approximate surface area is 125 Å². The Morgan fingerprint density at radius 3 is 2.70 bits per heavy atom. The van der Waals surface area contributed by atoms with E-state index in [4.69, 9.17) is 4.74 Å². The first-order valence-electron chi connectivity index (χ1n) is 6.65. The third-order valence-electron chi connectivity index (χ3n) is 3.55. The fourth-order valence-electron chi connectivity index (χ4n) is 2.61. The van der Waals surface area contributed by atoms with Crippen molar-refractivity contribution in [2.75, 3.05) is 39.9 Å². The molecule has 2 N–H and O–H groups in total. The zero-order chi connectivity index (χ0) is 13.7. The Bertz CT molecular complexity index is 414. The molecule has 1 aromatic carbocycles. The van der Waals surface area contributed by atoms with Gasteiger partial charge in [-0.05, 0) is 12.5 Å². The fraction of sp³-hybridized carbons (Fsp3) is 0.571. The number of piperazine rings is 1. The molecule has 114 valence electrons. The van der Waals surface area contributed by atoms with Gasteiger partial charge in [0, 0.05) is 50.5 Å². The predicted molar refractivity (Wildman–Crippen MR) is 79.1 cm³/mol. The van der Waals surface area contributed by atoms with Crippen molar-refractivity contribution in [2.45, 2.75) is 12.5 Å². The molecule has 1 saturated heterocycles. The molecule has 1 atom stereocenters. The average Bonchev–Trinajstić information content (AvgIpc) is 2.46. The summed E-state index contributed by atoms with van der Waals surface area (Å²) < 4.78 is 18.6. The first kappa shape index (κ1) is 17.2. The van der Waals surface area contributed by atoms with Crippen LogP contribution in [-0.4, -0.2) is 49.9 Å². The summed E-state index contributed by atoms with van der Waals surface area (Å²) in [6, 6.07) is 4.69.